The molecule has 2 saturated heterocycles. The maximum absolute atomic E-state index is 6.13. The number of hydrogen-bond donors (Lipinski definition) is 0. The molecule has 0 N–H and O–H groups in total. The van der Waals surface area contributed by atoms with Crippen LogP contribution in [0.25, 0.3) is 0 Å². The van der Waals surface area contributed by atoms with E-state index in [1.165, 1.54) is 65.5 Å². The van der Waals surface area contributed by atoms with Crippen molar-refractivity contribution in [2.45, 2.75) is 77.4 Å². The summed E-state index contributed by atoms with van der Waals surface area (Å²) in [5.74, 6) is 2.04. The van der Waals surface area contributed by atoms with E-state index < -0.39 is 0 Å². The molecule has 4 nitrogen and oxygen atoms in total. The molecule has 0 amide bonds. The summed E-state index contributed by atoms with van der Waals surface area (Å²) in [5, 5.41) is 0. The van der Waals surface area contributed by atoms with Gasteiger partial charge in [0.05, 0.1) is 13.2 Å². The normalized spacial score (nSPS) is 23.6. The van der Waals surface area contributed by atoms with Crippen molar-refractivity contribution in [2.24, 2.45) is 0 Å². The van der Waals surface area contributed by atoms with Crippen molar-refractivity contribution in [2.75, 3.05) is 26.4 Å². The molecule has 1 aliphatic carbocycles. The molecular weight excluding hydrogens is 400 g/mol. The molecule has 2 atom stereocenters. The smallest absolute Gasteiger partial charge is 0.125 e. The molecule has 0 bridgehead atoms. The average Bonchev–Trinajstić information content (AvgIpc) is 3.68. The van der Waals surface area contributed by atoms with E-state index in [0.717, 1.165) is 24.7 Å². The Labute approximate surface area is 192 Å². The minimum Gasteiger partial charge on any atom is -0.490 e. The molecule has 0 spiro atoms. The first kappa shape index (κ1) is 21.8. The molecule has 2 aromatic carbocycles. The molecular formula is C28H36O4. The first-order chi connectivity index (χ1) is 15.5. The Morgan fingerprint density at radius 1 is 0.688 bits per heavy atom. The van der Waals surface area contributed by atoms with Crippen LogP contribution in [0, 0.1) is 27.7 Å². The maximum atomic E-state index is 6.13. The van der Waals surface area contributed by atoms with Crippen LogP contribution in [-0.2, 0) is 14.9 Å². The van der Waals surface area contributed by atoms with E-state index >= 15 is 0 Å². The van der Waals surface area contributed by atoms with Crippen molar-refractivity contribution >= 4 is 0 Å². The lowest BCUT2D eigenvalue weighted by molar-refractivity contribution is 0.259. The molecule has 3 fully saturated rings. The van der Waals surface area contributed by atoms with Gasteiger partial charge < -0.3 is 18.9 Å². The van der Waals surface area contributed by atoms with Crippen LogP contribution in [0.4, 0.5) is 0 Å². The molecule has 3 aliphatic rings. The third-order valence-corrected chi connectivity index (χ3v) is 7.36. The minimum absolute atomic E-state index is 0.0551. The molecule has 2 unspecified atom stereocenters. The van der Waals surface area contributed by atoms with Crippen molar-refractivity contribution in [1.29, 1.82) is 0 Å². The third kappa shape index (κ3) is 4.40. The molecule has 2 aliphatic heterocycles. The first-order valence-electron chi connectivity index (χ1n) is 12.2. The van der Waals surface area contributed by atoms with Crippen molar-refractivity contribution in [3.05, 3.63) is 57.6 Å². The highest BCUT2D eigenvalue weighted by molar-refractivity contribution is 5.53. The van der Waals surface area contributed by atoms with Crippen LogP contribution >= 0.6 is 0 Å². The molecule has 1 saturated carbocycles. The van der Waals surface area contributed by atoms with E-state index in [1.54, 1.807) is 0 Å². The summed E-state index contributed by atoms with van der Waals surface area (Å²) < 4.78 is 22.9. The third-order valence-electron chi connectivity index (χ3n) is 7.36. The lowest BCUT2D eigenvalue weighted by Gasteiger charge is -2.40. The monoisotopic (exact) mass is 436 g/mol. The molecule has 4 heteroatoms. The van der Waals surface area contributed by atoms with E-state index in [9.17, 15) is 0 Å². The van der Waals surface area contributed by atoms with Gasteiger partial charge in [-0.3, -0.25) is 0 Å². The largest absolute Gasteiger partial charge is 0.490 e. The fourth-order valence-electron chi connectivity index (χ4n) is 5.49. The lowest BCUT2D eigenvalue weighted by Crippen LogP contribution is -2.31. The van der Waals surface area contributed by atoms with Crippen molar-refractivity contribution < 1.29 is 18.9 Å². The predicted molar refractivity (Wildman–Crippen MR) is 126 cm³/mol. The molecule has 5 rings (SSSR count). The van der Waals surface area contributed by atoms with Gasteiger partial charge in [0, 0.05) is 5.41 Å². The van der Waals surface area contributed by atoms with Gasteiger partial charge in [-0.25, -0.2) is 0 Å². The van der Waals surface area contributed by atoms with Crippen LogP contribution in [-0.4, -0.2) is 38.6 Å². The van der Waals surface area contributed by atoms with Crippen LogP contribution in [0.2, 0.25) is 0 Å². The Balaban J connectivity index is 1.49. The molecule has 32 heavy (non-hydrogen) atoms. The quantitative estimate of drug-likeness (QED) is 0.496. The van der Waals surface area contributed by atoms with Gasteiger partial charge in [0.15, 0.2) is 0 Å². The van der Waals surface area contributed by atoms with Gasteiger partial charge in [-0.2, -0.15) is 0 Å². The number of epoxide rings is 2. The van der Waals surface area contributed by atoms with Crippen LogP contribution in [0.1, 0.15) is 65.5 Å². The Morgan fingerprint density at radius 3 is 1.41 bits per heavy atom. The van der Waals surface area contributed by atoms with Crippen LogP contribution < -0.4 is 9.47 Å². The van der Waals surface area contributed by atoms with E-state index in [0.29, 0.717) is 13.2 Å². The molecule has 0 aromatic heterocycles. The second-order valence-corrected chi connectivity index (χ2v) is 10.1. The standard InChI is InChI=1S/C28H36O4/c1-18-10-22(11-19(2)26(18)31-16-24-14-29-24)28(8-6-5-7-9-28)23-12-20(3)27(21(4)13-23)32-17-25-15-30-25/h10-13,24-25H,5-9,14-17H2,1-4H3. The highest BCUT2D eigenvalue weighted by atomic mass is 16.6. The Kier molecular flexibility index (Phi) is 5.94. The van der Waals surface area contributed by atoms with Gasteiger partial charge in [0.1, 0.15) is 36.9 Å². The summed E-state index contributed by atoms with van der Waals surface area (Å²) in [7, 11) is 0. The summed E-state index contributed by atoms with van der Waals surface area (Å²) in [4.78, 5) is 0. The molecule has 172 valence electrons. The summed E-state index contributed by atoms with van der Waals surface area (Å²) in [6.07, 6.45) is 6.79. The molecule has 0 radical (unpaired) electrons. The Hall–Kier alpha value is -2.04. The minimum atomic E-state index is 0.0551. The SMILES string of the molecule is Cc1cc(C2(c3cc(C)c(OCC4CO4)c(C)c3)CCCCC2)cc(C)c1OCC1CO1. The van der Waals surface area contributed by atoms with Gasteiger partial charge >= 0.3 is 0 Å². The summed E-state index contributed by atoms with van der Waals surface area (Å²) >= 11 is 0. The van der Waals surface area contributed by atoms with E-state index in [4.69, 9.17) is 18.9 Å². The van der Waals surface area contributed by atoms with Gasteiger partial charge in [-0.05, 0) is 73.9 Å². The van der Waals surface area contributed by atoms with Crippen LogP contribution in [0.15, 0.2) is 24.3 Å². The fraction of sp³-hybridized carbons (Fsp3) is 0.571. The highest BCUT2D eigenvalue weighted by Crippen LogP contribution is 2.47. The van der Waals surface area contributed by atoms with Crippen LogP contribution in [0.3, 0.4) is 0 Å². The number of benzene rings is 2. The fourth-order valence-corrected chi connectivity index (χ4v) is 5.49. The Bertz CT molecular complexity index is 861. The van der Waals surface area contributed by atoms with Crippen LogP contribution in [0.5, 0.6) is 11.5 Å². The molecule has 2 aromatic rings. The Morgan fingerprint density at radius 2 is 1.06 bits per heavy atom. The predicted octanol–water partition coefficient (Wildman–Crippen LogP) is 5.73. The van der Waals surface area contributed by atoms with Crippen molar-refractivity contribution in [3.63, 3.8) is 0 Å². The number of rotatable bonds is 8. The average molecular weight is 437 g/mol. The topological polar surface area (TPSA) is 43.5 Å². The van der Waals surface area contributed by atoms with Gasteiger partial charge in [0.25, 0.3) is 0 Å². The van der Waals surface area contributed by atoms with E-state index in [2.05, 4.69) is 52.0 Å². The van der Waals surface area contributed by atoms with E-state index in [1.807, 2.05) is 0 Å². The summed E-state index contributed by atoms with van der Waals surface area (Å²) in [5.41, 5.74) is 7.82. The van der Waals surface area contributed by atoms with Gasteiger partial charge in [0.2, 0.25) is 0 Å². The summed E-state index contributed by atoms with van der Waals surface area (Å²) in [6, 6.07) is 9.50. The van der Waals surface area contributed by atoms with Gasteiger partial charge in [-0.15, -0.1) is 0 Å². The van der Waals surface area contributed by atoms with E-state index in [-0.39, 0.29) is 17.6 Å². The second kappa shape index (κ2) is 8.72. The zero-order valence-electron chi connectivity index (χ0n) is 20.0. The first-order valence-corrected chi connectivity index (χ1v) is 12.2. The zero-order chi connectivity index (χ0) is 22.3. The van der Waals surface area contributed by atoms with Gasteiger partial charge in [-0.1, -0.05) is 43.5 Å². The maximum Gasteiger partial charge on any atom is 0.125 e. The van der Waals surface area contributed by atoms with Crippen molar-refractivity contribution in [3.8, 4) is 11.5 Å². The molecule has 2 heterocycles. The second-order valence-electron chi connectivity index (χ2n) is 10.1. The number of hydrogen-bond acceptors (Lipinski definition) is 4. The zero-order valence-corrected chi connectivity index (χ0v) is 20.0. The highest BCUT2D eigenvalue weighted by Gasteiger charge is 2.37. The number of aryl methyl sites for hydroxylation is 4. The number of ether oxygens (including phenoxy) is 4. The lowest BCUT2D eigenvalue weighted by atomic mass is 9.64. The van der Waals surface area contributed by atoms with Crippen molar-refractivity contribution in [1.82, 2.24) is 0 Å². The summed E-state index contributed by atoms with van der Waals surface area (Å²) in [6.45, 7) is 11.7.